The summed E-state index contributed by atoms with van der Waals surface area (Å²) in [5.74, 6) is -0.237. The summed E-state index contributed by atoms with van der Waals surface area (Å²) in [6, 6.07) is 7.49. The maximum Gasteiger partial charge on any atom is 0.210 e. The average molecular weight is 211 g/mol. The van der Waals surface area contributed by atoms with E-state index in [4.69, 9.17) is 19.9 Å². The number of para-hydroxylation sites is 1. The first-order chi connectivity index (χ1) is 7.24. The fourth-order valence-corrected chi connectivity index (χ4v) is 1.54. The molecule has 84 valence electrons. The normalized spacial score (nSPS) is 11.5. The summed E-state index contributed by atoms with van der Waals surface area (Å²) in [5, 5.41) is 0. The van der Waals surface area contributed by atoms with Crippen LogP contribution in [-0.2, 0) is 15.3 Å². The molecule has 0 aliphatic carbocycles. The standard InChI is InChI=1S/C11H17NO3/c1-13-10-7-5-4-6-9(10)11(8-12,14-2)15-3/h4-7H,8,12H2,1-3H3. The van der Waals surface area contributed by atoms with Crippen LogP contribution >= 0.6 is 0 Å². The van der Waals surface area contributed by atoms with Crippen molar-refractivity contribution in [3.8, 4) is 5.75 Å². The van der Waals surface area contributed by atoms with Crippen molar-refractivity contribution < 1.29 is 14.2 Å². The Balaban J connectivity index is 3.21. The Morgan fingerprint density at radius 3 is 2.20 bits per heavy atom. The second-order valence-electron chi connectivity index (χ2n) is 3.07. The van der Waals surface area contributed by atoms with Crippen molar-refractivity contribution in [3.63, 3.8) is 0 Å². The molecule has 0 aliphatic heterocycles. The van der Waals surface area contributed by atoms with Gasteiger partial charge in [0.1, 0.15) is 5.75 Å². The van der Waals surface area contributed by atoms with Crippen LogP contribution in [0.2, 0.25) is 0 Å². The molecule has 0 bridgehead atoms. The van der Waals surface area contributed by atoms with E-state index in [-0.39, 0.29) is 6.54 Å². The number of benzene rings is 1. The molecule has 1 aromatic rings. The first-order valence-corrected chi connectivity index (χ1v) is 4.68. The number of methoxy groups -OCH3 is 3. The molecule has 0 fully saturated rings. The Morgan fingerprint density at radius 1 is 1.13 bits per heavy atom. The molecule has 0 aromatic heterocycles. The van der Waals surface area contributed by atoms with E-state index in [2.05, 4.69) is 0 Å². The molecular formula is C11H17NO3. The summed E-state index contributed by atoms with van der Waals surface area (Å²) in [6.07, 6.45) is 0. The van der Waals surface area contributed by atoms with Crippen molar-refractivity contribution in [1.82, 2.24) is 0 Å². The highest BCUT2D eigenvalue weighted by molar-refractivity contribution is 5.37. The largest absolute Gasteiger partial charge is 0.496 e. The Hall–Kier alpha value is -1.10. The van der Waals surface area contributed by atoms with E-state index >= 15 is 0 Å². The molecule has 0 aliphatic rings. The number of hydrogen-bond acceptors (Lipinski definition) is 4. The molecule has 15 heavy (non-hydrogen) atoms. The van der Waals surface area contributed by atoms with Gasteiger partial charge in [-0.1, -0.05) is 12.1 Å². The van der Waals surface area contributed by atoms with Gasteiger partial charge in [0.15, 0.2) is 0 Å². The van der Waals surface area contributed by atoms with Crippen molar-refractivity contribution >= 4 is 0 Å². The summed E-state index contributed by atoms with van der Waals surface area (Å²) >= 11 is 0. The summed E-state index contributed by atoms with van der Waals surface area (Å²) in [4.78, 5) is 0. The molecule has 0 radical (unpaired) electrons. The van der Waals surface area contributed by atoms with E-state index < -0.39 is 5.79 Å². The number of hydrogen-bond donors (Lipinski definition) is 1. The van der Waals surface area contributed by atoms with Crippen LogP contribution in [0.4, 0.5) is 0 Å². The highest BCUT2D eigenvalue weighted by Crippen LogP contribution is 2.32. The van der Waals surface area contributed by atoms with E-state index in [0.717, 1.165) is 5.56 Å². The second kappa shape index (κ2) is 5.11. The minimum absolute atomic E-state index is 0.223. The van der Waals surface area contributed by atoms with Gasteiger partial charge in [0.25, 0.3) is 0 Å². The SMILES string of the molecule is COc1ccccc1C(CN)(OC)OC. The Morgan fingerprint density at radius 2 is 1.73 bits per heavy atom. The number of rotatable bonds is 5. The lowest BCUT2D eigenvalue weighted by molar-refractivity contribution is -0.208. The molecule has 4 heteroatoms. The van der Waals surface area contributed by atoms with Crippen LogP contribution in [0.3, 0.4) is 0 Å². The molecule has 0 atom stereocenters. The van der Waals surface area contributed by atoms with Crippen molar-refractivity contribution in [2.24, 2.45) is 5.73 Å². The first-order valence-electron chi connectivity index (χ1n) is 4.68. The smallest absolute Gasteiger partial charge is 0.210 e. The zero-order valence-electron chi connectivity index (χ0n) is 9.32. The average Bonchev–Trinajstić information content (AvgIpc) is 2.33. The molecule has 1 rings (SSSR count). The molecular weight excluding hydrogens is 194 g/mol. The quantitative estimate of drug-likeness (QED) is 0.741. The van der Waals surface area contributed by atoms with E-state index in [1.165, 1.54) is 0 Å². The molecule has 2 N–H and O–H groups in total. The predicted octanol–water partition coefficient (Wildman–Crippen LogP) is 1.10. The van der Waals surface area contributed by atoms with E-state index in [9.17, 15) is 0 Å². The van der Waals surface area contributed by atoms with Gasteiger partial charge in [-0.25, -0.2) is 0 Å². The summed E-state index contributed by atoms with van der Waals surface area (Å²) in [6.45, 7) is 0.223. The van der Waals surface area contributed by atoms with Gasteiger partial charge in [0, 0.05) is 14.2 Å². The zero-order chi connectivity index (χ0) is 11.3. The van der Waals surface area contributed by atoms with Gasteiger partial charge >= 0.3 is 0 Å². The monoisotopic (exact) mass is 211 g/mol. The highest BCUT2D eigenvalue weighted by atomic mass is 16.7. The Kier molecular flexibility index (Phi) is 4.08. The molecule has 0 amide bonds. The molecule has 0 heterocycles. The van der Waals surface area contributed by atoms with Crippen molar-refractivity contribution in [2.75, 3.05) is 27.9 Å². The molecule has 0 unspecified atom stereocenters. The summed E-state index contributed by atoms with van der Waals surface area (Å²) < 4.78 is 15.9. The van der Waals surface area contributed by atoms with Gasteiger partial charge in [-0.3, -0.25) is 0 Å². The van der Waals surface area contributed by atoms with Crippen LogP contribution < -0.4 is 10.5 Å². The third-order valence-electron chi connectivity index (χ3n) is 2.45. The van der Waals surface area contributed by atoms with Gasteiger partial charge in [-0.2, -0.15) is 0 Å². The molecule has 0 saturated carbocycles. The molecule has 0 spiro atoms. The van der Waals surface area contributed by atoms with Gasteiger partial charge in [0.2, 0.25) is 5.79 Å². The van der Waals surface area contributed by atoms with Crippen LogP contribution in [-0.4, -0.2) is 27.9 Å². The molecule has 4 nitrogen and oxygen atoms in total. The minimum atomic E-state index is -0.938. The first kappa shape index (κ1) is 12.0. The molecule has 1 aromatic carbocycles. The van der Waals surface area contributed by atoms with Crippen LogP contribution in [0.1, 0.15) is 5.56 Å². The number of ether oxygens (including phenoxy) is 3. The van der Waals surface area contributed by atoms with Crippen molar-refractivity contribution in [1.29, 1.82) is 0 Å². The van der Waals surface area contributed by atoms with Gasteiger partial charge in [-0.05, 0) is 12.1 Å². The van der Waals surface area contributed by atoms with Gasteiger partial charge in [-0.15, -0.1) is 0 Å². The number of nitrogens with two attached hydrogens (primary N) is 1. The predicted molar refractivity (Wildman–Crippen MR) is 57.7 cm³/mol. The van der Waals surface area contributed by atoms with E-state index in [1.54, 1.807) is 21.3 Å². The third-order valence-corrected chi connectivity index (χ3v) is 2.45. The topological polar surface area (TPSA) is 53.7 Å². The Labute approximate surface area is 89.9 Å². The van der Waals surface area contributed by atoms with Crippen LogP contribution in [0.5, 0.6) is 5.75 Å². The summed E-state index contributed by atoms with van der Waals surface area (Å²) in [7, 11) is 4.72. The van der Waals surface area contributed by atoms with Crippen LogP contribution in [0, 0.1) is 0 Å². The fraction of sp³-hybridized carbons (Fsp3) is 0.455. The lowest BCUT2D eigenvalue weighted by Crippen LogP contribution is -2.39. The maximum absolute atomic E-state index is 5.68. The Bertz CT molecular complexity index is 302. The summed E-state index contributed by atoms with van der Waals surface area (Å²) in [5.41, 5.74) is 6.47. The molecule has 0 saturated heterocycles. The van der Waals surface area contributed by atoms with E-state index in [0.29, 0.717) is 5.75 Å². The lowest BCUT2D eigenvalue weighted by Gasteiger charge is -2.30. The van der Waals surface area contributed by atoms with Gasteiger partial charge in [0.05, 0.1) is 19.2 Å². The van der Waals surface area contributed by atoms with Gasteiger partial charge < -0.3 is 19.9 Å². The minimum Gasteiger partial charge on any atom is -0.496 e. The van der Waals surface area contributed by atoms with Crippen LogP contribution in [0.15, 0.2) is 24.3 Å². The zero-order valence-corrected chi connectivity index (χ0v) is 9.32. The maximum atomic E-state index is 5.68. The lowest BCUT2D eigenvalue weighted by atomic mass is 10.0. The van der Waals surface area contributed by atoms with E-state index in [1.807, 2.05) is 24.3 Å². The van der Waals surface area contributed by atoms with Crippen molar-refractivity contribution in [2.45, 2.75) is 5.79 Å². The highest BCUT2D eigenvalue weighted by Gasteiger charge is 2.33. The van der Waals surface area contributed by atoms with Crippen LogP contribution in [0.25, 0.3) is 0 Å². The fourth-order valence-electron chi connectivity index (χ4n) is 1.54. The third kappa shape index (κ3) is 2.12. The van der Waals surface area contributed by atoms with Crippen molar-refractivity contribution in [3.05, 3.63) is 29.8 Å². The second-order valence-corrected chi connectivity index (χ2v) is 3.07.